The monoisotopic (exact) mass is 890 g/mol. The average Bonchev–Trinajstić information content (AvgIpc) is 4.14. The number of hydrogen-bond donors (Lipinski definition) is 0. The molecule has 0 aliphatic rings. The first kappa shape index (κ1) is 38.7. The van der Waals surface area contributed by atoms with Gasteiger partial charge in [0.15, 0.2) is 0 Å². The molecule has 11 aromatic carbocycles. The number of aromatic nitrogens is 4. The zero-order chi connectivity index (χ0) is 45.9. The van der Waals surface area contributed by atoms with Crippen LogP contribution in [0.3, 0.4) is 0 Å². The fourth-order valence-corrected chi connectivity index (χ4v) is 11.6. The van der Waals surface area contributed by atoms with Crippen LogP contribution < -0.4 is 0 Å². The number of hydrogen-bond acceptors (Lipinski definition) is 0. The van der Waals surface area contributed by atoms with Gasteiger partial charge in [0.25, 0.3) is 0 Å². The minimum absolute atomic E-state index is 1.14. The number of nitrogens with zero attached hydrogens (tertiary/aromatic N) is 4. The first-order valence-corrected chi connectivity index (χ1v) is 24.1. The summed E-state index contributed by atoms with van der Waals surface area (Å²) in [6.45, 7) is 0. The van der Waals surface area contributed by atoms with Crippen molar-refractivity contribution in [3.63, 3.8) is 0 Å². The summed E-state index contributed by atoms with van der Waals surface area (Å²) in [6, 6.07) is 93.4. The summed E-state index contributed by atoms with van der Waals surface area (Å²) in [5.41, 5.74) is 18.9. The van der Waals surface area contributed by atoms with E-state index in [9.17, 15) is 0 Å². The van der Waals surface area contributed by atoms with Crippen LogP contribution >= 0.6 is 0 Å². The fourth-order valence-electron chi connectivity index (χ4n) is 11.6. The van der Waals surface area contributed by atoms with Crippen LogP contribution in [0.1, 0.15) is 0 Å². The van der Waals surface area contributed by atoms with E-state index in [2.05, 4.69) is 273 Å². The Bertz CT molecular complexity index is 4530. The van der Waals surface area contributed by atoms with Crippen LogP contribution in [0.25, 0.3) is 132 Å². The molecule has 15 aromatic rings. The number of rotatable bonds is 6. The Morgan fingerprint density at radius 1 is 0.157 bits per heavy atom. The van der Waals surface area contributed by atoms with Gasteiger partial charge < -0.3 is 18.3 Å². The smallest absolute Gasteiger partial charge is 0.0562 e. The predicted octanol–water partition coefficient (Wildman–Crippen LogP) is 17.4. The molecule has 15 rings (SSSR count). The number of benzene rings is 11. The van der Waals surface area contributed by atoms with Crippen molar-refractivity contribution in [2.45, 2.75) is 0 Å². The van der Waals surface area contributed by atoms with Gasteiger partial charge in [-0.2, -0.15) is 0 Å². The number of para-hydroxylation sites is 6. The van der Waals surface area contributed by atoms with Gasteiger partial charge in [-0.1, -0.05) is 152 Å². The molecule has 0 unspecified atom stereocenters. The second-order valence-electron chi connectivity index (χ2n) is 18.5. The Kier molecular flexibility index (Phi) is 8.33. The van der Waals surface area contributed by atoms with Crippen LogP contribution in [-0.2, 0) is 0 Å². The Morgan fingerprint density at radius 3 is 0.829 bits per heavy atom. The van der Waals surface area contributed by atoms with Gasteiger partial charge in [0.1, 0.15) is 0 Å². The van der Waals surface area contributed by atoms with E-state index >= 15 is 0 Å². The van der Waals surface area contributed by atoms with E-state index in [1.165, 1.54) is 109 Å². The molecule has 70 heavy (non-hydrogen) atoms. The molecule has 326 valence electrons. The van der Waals surface area contributed by atoms with Crippen molar-refractivity contribution in [3.8, 4) is 45.0 Å². The summed E-state index contributed by atoms with van der Waals surface area (Å²) >= 11 is 0. The highest BCUT2D eigenvalue weighted by molar-refractivity contribution is 6.21. The summed E-state index contributed by atoms with van der Waals surface area (Å²) in [7, 11) is 0. The number of fused-ring (bicyclic) bond motifs is 12. The van der Waals surface area contributed by atoms with E-state index in [1.807, 2.05) is 0 Å². The first-order valence-electron chi connectivity index (χ1n) is 24.1. The summed E-state index contributed by atoms with van der Waals surface area (Å²) in [5.74, 6) is 0. The largest absolute Gasteiger partial charge is 0.309 e. The van der Waals surface area contributed by atoms with Crippen molar-refractivity contribution < 1.29 is 0 Å². The third kappa shape index (κ3) is 5.71. The van der Waals surface area contributed by atoms with Gasteiger partial charge in [0.05, 0.1) is 44.1 Å². The zero-order valence-corrected chi connectivity index (χ0v) is 38.0. The summed E-state index contributed by atoms with van der Waals surface area (Å²) in [6.07, 6.45) is 0. The van der Waals surface area contributed by atoms with E-state index in [1.54, 1.807) is 0 Å². The summed E-state index contributed by atoms with van der Waals surface area (Å²) in [4.78, 5) is 0. The van der Waals surface area contributed by atoms with Gasteiger partial charge in [-0.05, 0) is 125 Å². The minimum atomic E-state index is 1.14. The molecule has 0 radical (unpaired) electrons. The lowest BCUT2D eigenvalue weighted by Gasteiger charge is -2.11. The quantitative estimate of drug-likeness (QED) is 0.158. The molecular weight excluding hydrogens is 849 g/mol. The van der Waals surface area contributed by atoms with E-state index in [0.717, 1.165) is 22.7 Å². The van der Waals surface area contributed by atoms with Gasteiger partial charge in [0.2, 0.25) is 0 Å². The molecular formula is C66H42N4. The van der Waals surface area contributed by atoms with Crippen LogP contribution in [0.15, 0.2) is 255 Å². The van der Waals surface area contributed by atoms with Crippen molar-refractivity contribution in [2.75, 3.05) is 0 Å². The summed E-state index contributed by atoms with van der Waals surface area (Å²) in [5, 5.41) is 10.0. The van der Waals surface area contributed by atoms with Gasteiger partial charge in [-0.15, -0.1) is 0 Å². The molecule has 4 nitrogen and oxygen atoms in total. The zero-order valence-electron chi connectivity index (χ0n) is 38.0. The van der Waals surface area contributed by atoms with Crippen molar-refractivity contribution in [1.29, 1.82) is 0 Å². The van der Waals surface area contributed by atoms with Crippen LogP contribution in [-0.4, -0.2) is 18.3 Å². The molecule has 4 aromatic heterocycles. The Labute approximate surface area is 403 Å². The topological polar surface area (TPSA) is 19.7 Å². The molecule has 0 bridgehead atoms. The predicted molar refractivity (Wildman–Crippen MR) is 295 cm³/mol. The highest BCUT2D eigenvalue weighted by atomic mass is 15.0. The molecule has 0 saturated heterocycles. The molecule has 0 fully saturated rings. The second kappa shape index (κ2) is 15.1. The SMILES string of the molecule is c1ccc(-n2c3ccccc3c3cc4c5ccccc5n(-c5ccc(-c6ccc(-c7ccc8c(c7)c7cc9c%10ccccc%10n(-c%10ccccc%10)c9cc7n8-c7ccccc7)cc6)cc5)c4cc32)cc1. The maximum absolute atomic E-state index is 2.43. The van der Waals surface area contributed by atoms with Crippen molar-refractivity contribution in [2.24, 2.45) is 0 Å². The molecule has 0 amide bonds. The van der Waals surface area contributed by atoms with Crippen LogP contribution in [0.2, 0.25) is 0 Å². The first-order chi connectivity index (χ1) is 34.7. The maximum Gasteiger partial charge on any atom is 0.0562 e. The Balaban J connectivity index is 0.826. The molecule has 0 atom stereocenters. The average molecular weight is 891 g/mol. The third-order valence-corrected chi connectivity index (χ3v) is 14.7. The molecule has 0 N–H and O–H groups in total. The molecule has 0 aliphatic carbocycles. The van der Waals surface area contributed by atoms with Crippen molar-refractivity contribution in [1.82, 2.24) is 18.3 Å². The normalized spacial score (nSPS) is 12.0. The highest BCUT2D eigenvalue weighted by Gasteiger charge is 2.21. The van der Waals surface area contributed by atoms with Gasteiger partial charge in [0, 0.05) is 65.8 Å². The van der Waals surface area contributed by atoms with E-state index in [0.29, 0.717) is 0 Å². The lowest BCUT2D eigenvalue weighted by Crippen LogP contribution is -1.95. The molecule has 4 heterocycles. The van der Waals surface area contributed by atoms with Crippen LogP contribution in [0.4, 0.5) is 0 Å². The Morgan fingerprint density at radius 2 is 0.429 bits per heavy atom. The molecule has 4 heteroatoms. The van der Waals surface area contributed by atoms with Gasteiger partial charge in [-0.25, -0.2) is 0 Å². The standard InChI is InChI=1S/C66H42N4/c1-4-16-47(17-5-1)67-59-25-13-10-22-51(59)55-39-56-52-23-12-15-27-61(52)70(65(56)41-63(55)67)50-35-32-44(33-36-50)43-28-30-45(31-29-43)46-34-37-62-54(38-46)58-40-57-53-24-11-14-26-60(53)68(48-18-6-2-7-19-48)64(57)42-66(58)69(62)49-20-8-3-9-21-49/h1-42H. The molecule has 0 spiro atoms. The van der Waals surface area contributed by atoms with Crippen molar-refractivity contribution >= 4 is 87.2 Å². The van der Waals surface area contributed by atoms with E-state index in [-0.39, 0.29) is 0 Å². The second-order valence-corrected chi connectivity index (χ2v) is 18.5. The third-order valence-electron chi connectivity index (χ3n) is 14.7. The lowest BCUT2D eigenvalue weighted by molar-refractivity contribution is 1.16. The maximum atomic E-state index is 2.43. The van der Waals surface area contributed by atoms with Crippen LogP contribution in [0, 0.1) is 0 Å². The van der Waals surface area contributed by atoms with Crippen molar-refractivity contribution in [3.05, 3.63) is 255 Å². The molecule has 0 saturated carbocycles. The summed E-state index contributed by atoms with van der Waals surface area (Å²) < 4.78 is 9.68. The minimum Gasteiger partial charge on any atom is -0.309 e. The van der Waals surface area contributed by atoms with Crippen LogP contribution in [0.5, 0.6) is 0 Å². The lowest BCUT2D eigenvalue weighted by atomic mass is 9.98. The molecule has 0 aliphatic heterocycles. The fraction of sp³-hybridized carbons (Fsp3) is 0. The van der Waals surface area contributed by atoms with E-state index in [4.69, 9.17) is 0 Å². The van der Waals surface area contributed by atoms with Gasteiger partial charge >= 0.3 is 0 Å². The Hall–Kier alpha value is -9.38. The highest BCUT2D eigenvalue weighted by Crippen LogP contribution is 2.43. The van der Waals surface area contributed by atoms with E-state index < -0.39 is 0 Å². The van der Waals surface area contributed by atoms with Gasteiger partial charge in [-0.3, -0.25) is 0 Å².